The number of carbonyl (C=O) groups is 5. The van der Waals surface area contributed by atoms with E-state index in [1.807, 2.05) is 6.08 Å². The van der Waals surface area contributed by atoms with Gasteiger partial charge in [0, 0.05) is 54.3 Å². The van der Waals surface area contributed by atoms with E-state index >= 15 is 0 Å². The summed E-state index contributed by atoms with van der Waals surface area (Å²) in [6.07, 6.45) is 17.8. The van der Waals surface area contributed by atoms with Crippen molar-refractivity contribution in [3.05, 3.63) is 23.8 Å². The summed E-state index contributed by atoms with van der Waals surface area (Å²) in [6.45, 7) is 13.5. The lowest BCUT2D eigenvalue weighted by molar-refractivity contribution is -0.179. The van der Waals surface area contributed by atoms with Gasteiger partial charge >= 0.3 is 5.97 Å². The van der Waals surface area contributed by atoms with E-state index in [-0.39, 0.29) is 69.3 Å². The molecule has 0 N–H and O–H groups in total. The van der Waals surface area contributed by atoms with E-state index < -0.39 is 11.0 Å². The molecule has 272 valence electrons. The Labute approximate surface area is 299 Å². The van der Waals surface area contributed by atoms with Crippen LogP contribution in [0.25, 0.3) is 0 Å². The number of allylic oxidation sites excluding steroid dienone is 4. The van der Waals surface area contributed by atoms with Crippen molar-refractivity contribution in [2.24, 2.45) is 74.9 Å². The van der Waals surface area contributed by atoms with E-state index in [0.29, 0.717) is 67.8 Å². The predicted octanol–water partition coefficient (Wildman–Crippen LogP) is 8.60. The summed E-state index contributed by atoms with van der Waals surface area (Å²) < 4.78 is 6.57. The molecule has 8 aliphatic rings. The highest BCUT2D eigenvalue weighted by Crippen LogP contribution is 2.69. The topological polar surface area (TPSA) is 94.6 Å². The molecule has 2 unspecified atom stereocenters. The Bertz CT molecular complexity index is 1590. The number of hydrogen-bond donors (Lipinski definition) is 0. The van der Waals surface area contributed by atoms with Crippen LogP contribution in [0.5, 0.6) is 0 Å². The van der Waals surface area contributed by atoms with Crippen LogP contribution in [0.15, 0.2) is 23.8 Å². The molecule has 8 rings (SSSR count). The number of carbonyl (C=O) groups excluding carboxylic acids is 5. The van der Waals surface area contributed by atoms with Gasteiger partial charge in [-0.25, -0.2) is 0 Å². The van der Waals surface area contributed by atoms with Crippen LogP contribution in [-0.2, 0) is 28.7 Å². The van der Waals surface area contributed by atoms with Crippen LogP contribution < -0.4 is 0 Å². The van der Waals surface area contributed by atoms with Gasteiger partial charge in [0.05, 0.1) is 0 Å². The third-order valence-electron chi connectivity index (χ3n) is 18.1. The van der Waals surface area contributed by atoms with Crippen molar-refractivity contribution < 1.29 is 28.7 Å². The summed E-state index contributed by atoms with van der Waals surface area (Å²) in [4.78, 5) is 66.3. The van der Waals surface area contributed by atoms with Crippen molar-refractivity contribution in [1.29, 1.82) is 0 Å². The molecular formula is C44H60O6. The van der Waals surface area contributed by atoms with Gasteiger partial charge in [0.1, 0.15) is 23.0 Å². The van der Waals surface area contributed by atoms with E-state index in [1.165, 1.54) is 5.57 Å². The second-order valence-electron chi connectivity index (χ2n) is 19.8. The van der Waals surface area contributed by atoms with Gasteiger partial charge in [0.2, 0.25) is 0 Å². The normalized spacial score (nSPS) is 49.9. The molecule has 0 bridgehead atoms. The number of ketones is 4. The molecule has 7 saturated carbocycles. The van der Waals surface area contributed by atoms with Gasteiger partial charge < -0.3 is 4.74 Å². The number of rotatable bonds is 5. The number of esters is 1. The minimum atomic E-state index is -0.531. The summed E-state index contributed by atoms with van der Waals surface area (Å²) in [5, 5.41) is 0. The summed E-state index contributed by atoms with van der Waals surface area (Å²) >= 11 is 0. The fourth-order valence-corrected chi connectivity index (χ4v) is 14.8. The third kappa shape index (κ3) is 4.73. The Morgan fingerprint density at radius 1 is 0.840 bits per heavy atom. The third-order valence-corrected chi connectivity index (χ3v) is 18.1. The Morgan fingerprint density at radius 3 is 2.38 bits per heavy atom. The Balaban J connectivity index is 0.921. The predicted molar refractivity (Wildman–Crippen MR) is 191 cm³/mol. The van der Waals surface area contributed by atoms with Crippen molar-refractivity contribution in [3.8, 4) is 0 Å². The van der Waals surface area contributed by atoms with E-state index in [2.05, 4.69) is 47.6 Å². The molecule has 6 heteroatoms. The Kier molecular flexibility index (Phi) is 8.03. The van der Waals surface area contributed by atoms with E-state index in [9.17, 15) is 24.0 Å². The highest BCUT2D eigenvalue weighted by Gasteiger charge is 2.67. The Morgan fingerprint density at radius 2 is 1.60 bits per heavy atom. The second kappa shape index (κ2) is 11.6. The zero-order valence-corrected chi connectivity index (χ0v) is 31.5. The van der Waals surface area contributed by atoms with Crippen LogP contribution in [0, 0.1) is 74.9 Å². The molecule has 14 atom stereocenters. The maximum absolute atomic E-state index is 14.3. The van der Waals surface area contributed by atoms with Gasteiger partial charge in [-0.2, -0.15) is 0 Å². The van der Waals surface area contributed by atoms with Crippen molar-refractivity contribution in [2.75, 3.05) is 0 Å². The lowest BCUT2D eigenvalue weighted by atomic mass is 9.44. The largest absolute Gasteiger partial charge is 0.459 e. The van der Waals surface area contributed by atoms with E-state index in [4.69, 9.17) is 4.74 Å². The van der Waals surface area contributed by atoms with Crippen LogP contribution >= 0.6 is 0 Å². The average Bonchev–Trinajstić information content (AvgIpc) is 3.55. The molecule has 0 amide bonds. The molecule has 50 heavy (non-hydrogen) atoms. The van der Waals surface area contributed by atoms with Crippen LogP contribution in [0.4, 0.5) is 0 Å². The highest BCUT2D eigenvalue weighted by molar-refractivity contribution is 6.01. The summed E-state index contributed by atoms with van der Waals surface area (Å²) in [6, 6.07) is 0. The van der Waals surface area contributed by atoms with Crippen molar-refractivity contribution in [2.45, 2.75) is 143 Å². The first-order valence-electron chi connectivity index (χ1n) is 20.3. The molecule has 0 aliphatic heterocycles. The number of ether oxygens (including phenoxy) is 1. The zero-order chi connectivity index (χ0) is 35.6. The summed E-state index contributed by atoms with van der Waals surface area (Å²) in [5.74, 6) is 2.98. The van der Waals surface area contributed by atoms with Crippen molar-refractivity contribution in [3.63, 3.8) is 0 Å². The van der Waals surface area contributed by atoms with Crippen molar-refractivity contribution >= 4 is 29.1 Å². The smallest absolute Gasteiger partial charge is 0.306 e. The minimum absolute atomic E-state index is 0.0402. The van der Waals surface area contributed by atoms with E-state index in [1.54, 1.807) is 6.08 Å². The number of fused-ring (bicyclic) bond motifs is 10. The average molecular weight is 685 g/mol. The first-order valence-corrected chi connectivity index (χ1v) is 20.3. The molecule has 7 fully saturated rings. The SMILES string of the molecule is CC(CCC(=O)O[C@]1(C)CC[C@@H]2[C@H]3CCC4=CC(=O)C=C[C@@]4(C)[C@@H]3CC[C@]21C)C1CC[C@H]2[C@@H]3C(=O)C[C@@H]4CC(=O)CC[C@]4(C)[C@H]3CC(=O)[C@]12C. The second-order valence-corrected chi connectivity index (χ2v) is 19.8. The lowest BCUT2D eigenvalue weighted by Gasteiger charge is -2.58. The quantitative estimate of drug-likeness (QED) is 0.269. The van der Waals surface area contributed by atoms with Crippen LogP contribution in [-0.4, -0.2) is 34.7 Å². The van der Waals surface area contributed by atoms with Crippen molar-refractivity contribution in [1.82, 2.24) is 0 Å². The maximum atomic E-state index is 14.3. The lowest BCUT2D eigenvalue weighted by Crippen LogP contribution is -2.60. The fourth-order valence-electron chi connectivity index (χ4n) is 14.8. The van der Waals surface area contributed by atoms with E-state index in [0.717, 1.165) is 57.8 Å². The first kappa shape index (κ1) is 34.7. The minimum Gasteiger partial charge on any atom is -0.459 e. The number of hydrogen-bond acceptors (Lipinski definition) is 6. The standard InChI is InChI=1S/C44H60O6/c1-25(31-10-11-34-39-35(24-37(48)44(31,34)6)41(3)18-14-29(46)22-27(41)23-36(39)47)7-12-38(49)50-43(5)20-16-33-30-9-8-26-21-28(45)13-17-40(26,2)32(30)15-19-42(33,43)4/h13,17,21,25,27,30-35,39H,7-12,14-16,18-20,22-24H2,1-6H3/t25?,27-,30-,31?,32+,33+,34-,35-,39-,40+,41-,42+,43+,44+/m0/s1. The van der Waals surface area contributed by atoms with Gasteiger partial charge in [-0.15, -0.1) is 0 Å². The molecule has 8 aliphatic carbocycles. The van der Waals surface area contributed by atoms with Gasteiger partial charge in [-0.1, -0.05) is 46.3 Å². The van der Waals surface area contributed by atoms with Crippen LogP contribution in [0.2, 0.25) is 0 Å². The highest BCUT2D eigenvalue weighted by atomic mass is 16.6. The first-order chi connectivity index (χ1) is 23.5. The van der Waals surface area contributed by atoms with Gasteiger partial charge in [-0.3, -0.25) is 24.0 Å². The maximum Gasteiger partial charge on any atom is 0.306 e. The number of Topliss-reactive ketones (excluding diaryl/α,β-unsaturated/α-hetero) is 3. The molecule has 0 aromatic carbocycles. The molecule has 0 aromatic rings. The molecule has 6 nitrogen and oxygen atoms in total. The Hall–Kier alpha value is -2.37. The molecule has 0 spiro atoms. The van der Waals surface area contributed by atoms with Gasteiger partial charge in [-0.05, 0) is 136 Å². The van der Waals surface area contributed by atoms with Crippen LogP contribution in [0.3, 0.4) is 0 Å². The molecule has 0 saturated heterocycles. The molecule has 0 aromatic heterocycles. The monoisotopic (exact) mass is 684 g/mol. The molecular weight excluding hydrogens is 624 g/mol. The van der Waals surface area contributed by atoms with Crippen LogP contribution in [0.1, 0.15) is 138 Å². The fraction of sp³-hybridized carbons (Fsp3) is 0.795. The summed E-state index contributed by atoms with van der Waals surface area (Å²) in [7, 11) is 0. The molecule has 0 radical (unpaired) electrons. The zero-order valence-electron chi connectivity index (χ0n) is 31.5. The summed E-state index contributed by atoms with van der Waals surface area (Å²) in [5.41, 5.74) is 0.0781. The van der Waals surface area contributed by atoms with Gasteiger partial charge in [0.25, 0.3) is 0 Å². The molecule has 0 heterocycles. The van der Waals surface area contributed by atoms with Gasteiger partial charge in [0.15, 0.2) is 5.78 Å².